The lowest BCUT2D eigenvalue weighted by atomic mass is 10.2. The molecule has 0 bridgehead atoms. The van der Waals surface area contributed by atoms with Gasteiger partial charge in [-0.1, -0.05) is 12.8 Å². The van der Waals surface area contributed by atoms with Crippen LogP contribution in [-0.2, 0) is 0 Å². The van der Waals surface area contributed by atoms with Gasteiger partial charge in [-0.05, 0) is 19.8 Å². The Bertz CT molecular complexity index is 377. The minimum Gasteiger partial charge on any atom is -0.357 e. The number of hydrogen-bond acceptors (Lipinski definition) is 4. The molecule has 1 aliphatic carbocycles. The van der Waals surface area contributed by atoms with Crippen LogP contribution in [0.25, 0.3) is 0 Å². The van der Waals surface area contributed by atoms with Crippen LogP contribution < -0.4 is 10.2 Å². The van der Waals surface area contributed by atoms with Crippen molar-refractivity contribution in [2.75, 3.05) is 23.8 Å². The van der Waals surface area contributed by atoms with Gasteiger partial charge in [0.1, 0.15) is 0 Å². The minimum atomic E-state index is -0.335. The summed E-state index contributed by atoms with van der Waals surface area (Å²) in [5.41, 5.74) is 0. The third-order valence-corrected chi connectivity index (χ3v) is 3.33. The second-order valence-corrected chi connectivity index (χ2v) is 4.34. The Morgan fingerprint density at radius 3 is 2.76 bits per heavy atom. The maximum absolute atomic E-state index is 13.8. The molecule has 1 aliphatic rings. The zero-order valence-corrected chi connectivity index (χ0v) is 10.4. The highest BCUT2D eigenvalue weighted by molar-refractivity contribution is 5.44. The third kappa shape index (κ3) is 2.48. The first kappa shape index (κ1) is 12.1. The molecule has 4 nitrogen and oxygen atoms in total. The van der Waals surface area contributed by atoms with E-state index in [1.54, 1.807) is 7.05 Å². The first-order chi connectivity index (χ1) is 8.26. The second kappa shape index (κ2) is 5.29. The number of hydrogen-bond donors (Lipinski definition) is 1. The number of nitrogens with one attached hydrogen (secondary N) is 1. The van der Waals surface area contributed by atoms with E-state index in [2.05, 4.69) is 20.2 Å². The summed E-state index contributed by atoms with van der Waals surface area (Å²) in [6.45, 7) is 2.82. The van der Waals surface area contributed by atoms with E-state index in [4.69, 9.17) is 0 Å². The summed E-state index contributed by atoms with van der Waals surface area (Å²) in [5.74, 6) is 0.564. The van der Waals surface area contributed by atoms with Crippen molar-refractivity contribution in [3.8, 4) is 0 Å². The summed E-state index contributed by atoms with van der Waals surface area (Å²) in [6, 6.07) is 0.425. The lowest BCUT2D eigenvalue weighted by Gasteiger charge is -2.29. The van der Waals surface area contributed by atoms with Crippen LogP contribution in [0, 0.1) is 5.82 Å². The smallest absolute Gasteiger partial charge is 0.224 e. The van der Waals surface area contributed by atoms with Gasteiger partial charge in [-0.3, -0.25) is 0 Å². The predicted molar refractivity (Wildman–Crippen MR) is 66.8 cm³/mol. The standard InChI is InChI=1S/C12H19FN4/c1-3-17(9-6-4-5-7-9)11-10(13)8-15-12(14-2)16-11/h8-9H,3-7H2,1-2H3,(H,14,15,16). The largest absolute Gasteiger partial charge is 0.357 e. The number of anilines is 2. The summed E-state index contributed by atoms with van der Waals surface area (Å²) in [5, 5.41) is 2.85. The third-order valence-electron chi connectivity index (χ3n) is 3.33. The molecule has 0 saturated heterocycles. The molecule has 0 unspecified atom stereocenters. The summed E-state index contributed by atoms with van der Waals surface area (Å²) in [6.07, 6.45) is 5.96. The van der Waals surface area contributed by atoms with Gasteiger partial charge in [0.2, 0.25) is 5.95 Å². The van der Waals surface area contributed by atoms with Crippen LogP contribution in [0.5, 0.6) is 0 Å². The topological polar surface area (TPSA) is 41.1 Å². The fourth-order valence-electron chi connectivity index (χ4n) is 2.48. The zero-order valence-electron chi connectivity index (χ0n) is 10.4. The van der Waals surface area contributed by atoms with Gasteiger partial charge in [0.05, 0.1) is 6.20 Å². The molecule has 0 amide bonds. The van der Waals surface area contributed by atoms with Crippen LogP contribution in [0.4, 0.5) is 16.2 Å². The van der Waals surface area contributed by atoms with Crippen molar-refractivity contribution in [3.05, 3.63) is 12.0 Å². The van der Waals surface area contributed by atoms with Crippen molar-refractivity contribution < 1.29 is 4.39 Å². The van der Waals surface area contributed by atoms with E-state index >= 15 is 0 Å². The van der Waals surface area contributed by atoms with Gasteiger partial charge in [0, 0.05) is 19.6 Å². The van der Waals surface area contributed by atoms with Gasteiger partial charge < -0.3 is 10.2 Å². The van der Waals surface area contributed by atoms with Crippen molar-refractivity contribution in [1.29, 1.82) is 0 Å². The molecule has 94 valence electrons. The van der Waals surface area contributed by atoms with Crippen LogP contribution in [0.2, 0.25) is 0 Å². The summed E-state index contributed by atoms with van der Waals surface area (Å²) >= 11 is 0. The van der Waals surface area contributed by atoms with Gasteiger partial charge in [-0.25, -0.2) is 9.37 Å². The molecular formula is C12H19FN4. The normalized spacial score (nSPS) is 16.2. The molecular weight excluding hydrogens is 219 g/mol. The molecule has 0 aliphatic heterocycles. The van der Waals surface area contributed by atoms with Crippen molar-refractivity contribution in [2.24, 2.45) is 0 Å². The van der Waals surface area contributed by atoms with Crippen LogP contribution in [-0.4, -0.2) is 29.6 Å². The Hall–Kier alpha value is -1.39. The van der Waals surface area contributed by atoms with Crippen molar-refractivity contribution in [3.63, 3.8) is 0 Å². The van der Waals surface area contributed by atoms with Crippen LogP contribution in [0.3, 0.4) is 0 Å². The molecule has 0 aromatic carbocycles. The summed E-state index contributed by atoms with van der Waals surface area (Å²) < 4.78 is 13.8. The van der Waals surface area contributed by atoms with E-state index in [0.29, 0.717) is 17.8 Å². The Labute approximate surface area is 101 Å². The maximum atomic E-state index is 13.8. The van der Waals surface area contributed by atoms with Gasteiger partial charge >= 0.3 is 0 Å². The second-order valence-electron chi connectivity index (χ2n) is 4.34. The molecule has 1 aromatic rings. The molecule has 17 heavy (non-hydrogen) atoms. The fourth-order valence-corrected chi connectivity index (χ4v) is 2.48. The number of rotatable bonds is 4. The molecule has 1 saturated carbocycles. The highest BCUT2D eigenvalue weighted by Crippen LogP contribution is 2.28. The molecule has 5 heteroatoms. The summed E-state index contributed by atoms with van der Waals surface area (Å²) in [4.78, 5) is 10.2. The molecule has 0 spiro atoms. The van der Waals surface area contributed by atoms with E-state index in [-0.39, 0.29) is 5.82 Å². The van der Waals surface area contributed by atoms with Gasteiger partial charge in [0.15, 0.2) is 11.6 Å². The highest BCUT2D eigenvalue weighted by Gasteiger charge is 2.25. The fraction of sp³-hybridized carbons (Fsp3) is 0.667. The molecule has 1 aromatic heterocycles. The SMILES string of the molecule is CCN(c1nc(NC)ncc1F)C1CCCC1. The van der Waals surface area contributed by atoms with Crippen LogP contribution in [0.15, 0.2) is 6.20 Å². The quantitative estimate of drug-likeness (QED) is 0.874. The van der Waals surface area contributed by atoms with E-state index in [1.165, 1.54) is 19.0 Å². The Kier molecular flexibility index (Phi) is 3.76. The summed E-state index contributed by atoms with van der Waals surface area (Å²) in [7, 11) is 1.74. The zero-order chi connectivity index (χ0) is 12.3. The lowest BCUT2D eigenvalue weighted by molar-refractivity contribution is 0.564. The number of nitrogens with zero attached hydrogens (tertiary/aromatic N) is 3. The Balaban J connectivity index is 2.28. The minimum absolute atomic E-state index is 0.335. The van der Waals surface area contributed by atoms with E-state index in [0.717, 1.165) is 19.4 Å². The lowest BCUT2D eigenvalue weighted by Crippen LogP contribution is -2.34. The van der Waals surface area contributed by atoms with Crippen LogP contribution >= 0.6 is 0 Å². The van der Waals surface area contributed by atoms with Crippen LogP contribution in [0.1, 0.15) is 32.6 Å². The Morgan fingerprint density at radius 1 is 1.47 bits per heavy atom. The Morgan fingerprint density at radius 2 is 2.18 bits per heavy atom. The number of aromatic nitrogens is 2. The van der Waals surface area contributed by atoms with E-state index in [1.807, 2.05) is 6.92 Å². The number of halogens is 1. The predicted octanol–water partition coefficient (Wildman–Crippen LogP) is 2.43. The molecule has 2 rings (SSSR count). The maximum Gasteiger partial charge on any atom is 0.224 e. The highest BCUT2D eigenvalue weighted by atomic mass is 19.1. The van der Waals surface area contributed by atoms with Crippen molar-refractivity contribution >= 4 is 11.8 Å². The average molecular weight is 238 g/mol. The van der Waals surface area contributed by atoms with Crippen molar-refractivity contribution in [1.82, 2.24) is 9.97 Å². The molecule has 1 N–H and O–H groups in total. The van der Waals surface area contributed by atoms with Gasteiger partial charge in [0.25, 0.3) is 0 Å². The first-order valence-electron chi connectivity index (χ1n) is 6.23. The van der Waals surface area contributed by atoms with Gasteiger partial charge in [-0.15, -0.1) is 0 Å². The van der Waals surface area contributed by atoms with E-state index in [9.17, 15) is 4.39 Å². The first-order valence-corrected chi connectivity index (χ1v) is 6.23. The molecule has 0 radical (unpaired) electrons. The monoisotopic (exact) mass is 238 g/mol. The van der Waals surface area contributed by atoms with Crippen molar-refractivity contribution in [2.45, 2.75) is 38.6 Å². The molecule has 0 atom stereocenters. The van der Waals surface area contributed by atoms with E-state index < -0.39 is 0 Å². The average Bonchev–Trinajstić information content (AvgIpc) is 2.86. The van der Waals surface area contributed by atoms with Gasteiger partial charge in [-0.2, -0.15) is 4.98 Å². The molecule has 1 heterocycles. The molecule has 1 fully saturated rings.